The van der Waals surface area contributed by atoms with Crippen LogP contribution in [-0.2, 0) is 19.2 Å². The summed E-state index contributed by atoms with van der Waals surface area (Å²) in [4.78, 5) is 41.8. The summed E-state index contributed by atoms with van der Waals surface area (Å²) in [6, 6.07) is 0. The predicted molar refractivity (Wildman–Crippen MR) is 47.7 cm³/mol. The average Bonchev–Trinajstić information content (AvgIpc) is 2.10. The standard InChI is InChI=1S/C10H14O6/c11-7(5-9(13)14)3-1-2-4-8(12)6-10(15)16/h1-6H2,(H,13,14)(H,15,16)/p-2. The van der Waals surface area contributed by atoms with Gasteiger partial charge >= 0.3 is 0 Å². The maximum Gasteiger partial charge on any atom is 0.138 e. The molecule has 0 fully saturated rings. The first-order chi connectivity index (χ1) is 7.41. The van der Waals surface area contributed by atoms with E-state index in [4.69, 9.17) is 0 Å². The molecule has 0 bridgehead atoms. The quantitative estimate of drug-likeness (QED) is 0.332. The van der Waals surface area contributed by atoms with Crippen LogP contribution < -0.4 is 10.2 Å². The molecule has 0 atom stereocenters. The molecule has 0 saturated carbocycles. The highest BCUT2D eigenvalue weighted by molar-refractivity contribution is 5.94. The molecule has 0 rings (SSSR count). The van der Waals surface area contributed by atoms with Crippen LogP contribution in [0, 0.1) is 0 Å². The first-order valence-electron chi connectivity index (χ1n) is 4.85. The van der Waals surface area contributed by atoms with Crippen molar-refractivity contribution in [2.24, 2.45) is 0 Å². The molecule has 16 heavy (non-hydrogen) atoms. The van der Waals surface area contributed by atoms with Gasteiger partial charge < -0.3 is 19.8 Å². The second kappa shape index (κ2) is 7.56. The predicted octanol–water partition coefficient (Wildman–Crippen LogP) is -2.03. The van der Waals surface area contributed by atoms with Crippen molar-refractivity contribution in [1.82, 2.24) is 0 Å². The van der Waals surface area contributed by atoms with E-state index in [9.17, 15) is 29.4 Å². The second-order valence-corrected chi connectivity index (χ2v) is 3.38. The summed E-state index contributed by atoms with van der Waals surface area (Å²) < 4.78 is 0. The Hall–Kier alpha value is -1.72. The van der Waals surface area contributed by atoms with Gasteiger partial charge in [0.1, 0.15) is 11.6 Å². The minimum absolute atomic E-state index is 0.0621. The molecule has 0 amide bonds. The molecule has 0 aromatic heterocycles. The second-order valence-electron chi connectivity index (χ2n) is 3.38. The van der Waals surface area contributed by atoms with E-state index in [2.05, 4.69) is 0 Å². The van der Waals surface area contributed by atoms with Crippen LogP contribution >= 0.6 is 0 Å². The summed E-state index contributed by atoms with van der Waals surface area (Å²) in [6.45, 7) is 0. The number of Topliss-reactive ketones (excluding diaryl/α,β-unsaturated/α-hetero) is 2. The summed E-state index contributed by atoms with van der Waals surface area (Å²) in [5.74, 6) is -3.74. The lowest BCUT2D eigenvalue weighted by Crippen LogP contribution is -2.25. The van der Waals surface area contributed by atoms with Crippen LogP contribution in [0.15, 0.2) is 0 Å². The molecule has 6 nitrogen and oxygen atoms in total. The van der Waals surface area contributed by atoms with E-state index in [0.29, 0.717) is 12.8 Å². The highest BCUT2D eigenvalue weighted by atomic mass is 16.4. The Labute approximate surface area is 92.3 Å². The topological polar surface area (TPSA) is 114 Å². The summed E-state index contributed by atoms with van der Waals surface area (Å²) >= 11 is 0. The van der Waals surface area contributed by atoms with Gasteiger partial charge in [-0.2, -0.15) is 0 Å². The molecule has 0 spiro atoms. The Balaban J connectivity index is 3.53. The molecule has 0 aliphatic heterocycles. The molecular weight excluding hydrogens is 216 g/mol. The van der Waals surface area contributed by atoms with E-state index in [0.717, 1.165) is 0 Å². The fraction of sp³-hybridized carbons (Fsp3) is 0.600. The maximum absolute atomic E-state index is 10.9. The van der Waals surface area contributed by atoms with Crippen molar-refractivity contribution < 1.29 is 29.4 Å². The Morgan fingerprint density at radius 1 is 0.688 bits per heavy atom. The first kappa shape index (κ1) is 14.3. The molecule has 90 valence electrons. The minimum atomic E-state index is -1.42. The maximum atomic E-state index is 10.9. The van der Waals surface area contributed by atoms with Gasteiger partial charge in [-0.3, -0.25) is 9.59 Å². The van der Waals surface area contributed by atoms with Crippen LogP contribution in [0.4, 0.5) is 0 Å². The fourth-order valence-corrected chi connectivity index (χ4v) is 1.14. The molecule has 0 radical (unpaired) electrons. The van der Waals surface area contributed by atoms with Gasteiger partial charge in [-0.1, -0.05) is 0 Å². The highest BCUT2D eigenvalue weighted by Gasteiger charge is 2.05. The van der Waals surface area contributed by atoms with Gasteiger partial charge in [-0.15, -0.1) is 0 Å². The monoisotopic (exact) mass is 228 g/mol. The number of aliphatic carboxylic acids is 2. The fourth-order valence-electron chi connectivity index (χ4n) is 1.14. The van der Waals surface area contributed by atoms with E-state index in [-0.39, 0.29) is 12.8 Å². The van der Waals surface area contributed by atoms with Crippen LogP contribution in [0.1, 0.15) is 38.5 Å². The molecule has 0 heterocycles. The largest absolute Gasteiger partial charge is 0.550 e. The summed E-state index contributed by atoms with van der Waals surface area (Å²) in [5.41, 5.74) is 0. The minimum Gasteiger partial charge on any atom is -0.550 e. The number of carboxylic acids is 2. The SMILES string of the molecule is O=C([O-])CC(=O)CCCCC(=O)CC(=O)[O-]. The van der Waals surface area contributed by atoms with Crippen molar-refractivity contribution in [2.45, 2.75) is 38.5 Å². The molecule has 0 aromatic rings. The Bertz CT molecular complexity index is 264. The van der Waals surface area contributed by atoms with Gasteiger partial charge in [0.05, 0.1) is 0 Å². The Morgan fingerprint density at radius 3 is 1.25 bits per heavy atom. The van der Waals surface area contributed by atoms with E-state index >= 15 is 0 Å². The zero-order valence-electron chi connectivity index (χ0n) is 8.69. The number of carbonyl (C=O) groups is 4. The molecule has 0 aliphatic carbocycles. The zero-order valence-corrected chi connectivity index (χ0v) is 8.69. The molecular formula is C10H12O6-2. The molecule has 0 aliphatic rings. The normalized spacial score (nSPS) is 9.75. The van der Waals surface area contributed by atoms with Gasteiger partial charge in [0.25, 0.3) is 0 Å². The Kier molecular flexibility index (Phi) is 6.74. The molecule has 6 heteroatoms. The lowest BCUT2D eigenvalue weighted by molar-refractivity contribution is -0.306. The van der Waals surface area contributed by atoms with E-state index < -0.39 is 36.3 Å². The van der Waals surface area contributed by atoms with Crippen molar-refractivity contribution in [3.63, 3.8) is 0 Å². The van der Waals surface area contributed by atoms with E-state index in [1.807, 2.05) is 0 Å². The van der Waals surface area contributed by atoms with Crippen molar-refractivity contribution in [3.05, 3.63) is 0 Å². The third kappa shape index (κ3) is 8.86. The third-order valence-electron chi connectivity index (χ3n) is 1.84. The molecule has 0 N–H and O–H groups in total. The number of hydrogen-bond acceptors (Lipinski definition) is 6. The molecule has 0 aromatic carbocycles. The van der Waals surface area contributed by atoms with Crippen molar-refractivity contribution in [1.29, 1.82) is 0 Å². The third-order valence-corrected chi connectivity index (χ3v) is 1.84. The number of carbonyl (C=O) groups excluding carboxylic acids is 4. The van der Waals surface area contributed by atoms with Crippen LogP contribution in [0.3, 0.4) is 0 Å². The van der Waals surface area contributed by atoms with Gasteiger partial charge in [0.2, 0.25) is 0 Å². The van der Waals surface area contributed by atoms with Crippen molar-refractivity contribution >= 4 is 23.5 Å². The van der Waals surface area contributed by atoms with E-state index in [1.54, 1.807) is 0 Å². The number of hydrogen-bond donors (Lipinski definition) is 0. The van der Waals surface area contributed by atoms with E-state index in [1.165, 1.54) is 0 Å². The van der Waals surface area contributed by atoms with Gasteiger partial charge in [-0.25, -0.2) is 0 Å². The van der Waals surface area contributed by atoms with Gasteiger partial charge in [-0.05, 0) is 12.8 Å². The first-order valence-corrected chi connectivity index (χ1v) is 4.85. The van der Waals surface area contributed by atoms with Crippen LogP contribution in [0.5, 0.6) is 0 Å². The average molecular weight is 228 g/mol. The molecule has 0 unspecified atom stereocenters. The van der Waals surface area contributed by atoms with Crippen LogP contribution in [0.25, 0.3) is 0 Å². The van der Waals surface area contributed by atoms with Crippen molar-refractivity contribution in [3.8, 4) is 0 Å². The number of unbranched alkanes of at least 4 members (excludes halogenated alkanes) is 1. The lowest BCUT2D eigenvalue weighted by Gasteiger charge is -2.03. The number of carboxylic acid groups (broad SMARTS) is 2. The zero-order chi connectivity index (χ0) is 12.6. The highest BCUT2D eigenvalue weighted by Crippen LogP contribution is 2.04. The lowest BCUT2D eigenvalue weighted by atomic mass is 10.1. The van der Waals surface area contributed by atoms with Crippen LogP contribution in [-0.4, -0.2) is 23.5 Å². The van der Waals surface area contributed by atoms with Crippen molar-refractivity contribution in [2.75, 3.05) is 0 Å². The number of ketones is 2. The number of rotatable bonds is 9. The summed E-state index contributed by atoms with van der Waals surface area (Å²) in [6.07, 6.45) is -0.380. The van der Waals surface area contributed by atoms with Gasteiger partial charge in [0.15, 0.2) is 0 Å². The molecule has 0 saturated heterocycles. The summed E-state index contributed by atoms with van der Waals surface area (Å²) in [7, 11) is 0. The summed E-state index contributed by atoms with van der Waals surface area (Å²) in [5, 5.41) is 20.0. The van der Waals surface area contributed by atoms with Crippen LogP contribution in [0.2, 0.25) is 0 Å². The smallest absolute Gasteiger partial charge is 0.138 e. The van der Waals surface area contributed by atoms with Gasteiger partial charge in [0, 0.05) is 37.6 Å². The Morgan fingerprint density at radius 2 is 1.00 bits per heavy atom.